The predicted molar refractivity (Wildman–Crippen MR) is 162 cm³/mol. The number of benzene rings is 6. The Morgan fingerprint density at radius 3 is 2.08 bits per heavy atom. The zero-order valence-electron chi connectivity index (χ0n) is 19.9. The highest BCUT2D eigenvalue weighted by Gasteiger charge is 2.15. The van der Waals surface area contributed by atoms with Gasteiger partial charge in [0.2, 0.25) is 0 Å². The summed E-state index contributed by atoms with van der Waals surface area (Å²) < 4.78 is 2.63. The van der Waals surface area contributed by atoms with E-state index in [1.54, 1.807) is 0 Å². The lowest BCUT2D eigenvalue weighted by Crippen LogP contribution is -2.09. The zero-order valence-corrected chi connectivity index (χ0v) is 21.5. The lowest BCUT2D eigenvalue weighted by molar-refractivity contribution is 1.29. The monoisotopic (exact) mass is 511 g/mol. The number of hydrogen-bond donors (Lipinski definition) is 0. The van der Waals surface area contributed by atoms with E-state index < -0.39 is 0 Å². The summed E-state index contributed by atoms with van der Waals surface area (Å²) in [5.74, 6) is 0. The molecule has 1 aromatic heterocycles. The molecule has 0 saturated heterocycles. The third-order valence-corrected chi connectivity index (χ3v) is 8.30. The first-order chi connectivity index (χ1) is 18.2. The van der Waals surface area contributed by atoms with E-state index in [9.17, 15) is 0 Å². The first kappa shape index (κ1) is 22.1. The predicted octanol–water partition coefficient (Wildman–Crippen LogP) is 11.0. The molecule has 0 fully saturated rings. The van der Waals surface area contributed by atoms with Gasteiger partial charge in [0, 0.05) is 42.3 Å². The van der Waals surface area contributed by atoms with Gasteiger partial charge >= 0.3 is 0 Å². The third-order valence-electron chi connectivity index (χ3n) is 6.91. The van der Waals surface area contributed by atoms with Crippen molar-refractivity contribution in [2.24, 2.45) is 0 Å². The molecule has 0 aliphatic carbocycles. The van der Waals surface area contributed by atoms with E-state index in [4.69, 9.17) is 11.6 Å². The Hall–Kier alpha value is -4.11. The molecule has 0 spiro atoms. The largest absolute Gasteiger partial charge is 0.310 e. The van der Waals surface area contributed by atoms with Gasteiger partial charge in [-0.05, 0) is 82.6 Å². The Kier molecular flexibility index (Phi) is 5.43. The summed E-state index contributed by atoms with van der Waals surface area (Å²) in [6.07, 6.45) is 0. The number of para-hydroxylation sites is 1. The number of nitrogens with zero attached hydrogens (tertiary/aromatic N) is 1. The lowest BCUT2D eigenvalue weighted by atomic mass is 9.98. The van der Waals surface area contributed by atoms with Crippen LogP contribution in [0.1, 0.15) is 0 Å². The van der Waals surface area contributed by atoms with Crippen molar-refractivity contribution in [1.82, 2.24) is 0 Å². The van der Waals surface area contributed by atoms with Crippen molar-refractivity contribution in [3.63, 3.8) is 0 Å². The maximum absolute atomic E-state index is 6.25. The van der Waals surface area contributed by atoms with Crippen molar-refractivity contribution >= 4 is 70.9 Å². The van der Waals surface area contributed by atoms with Gasteiger partial charge in [-0.2, -0.15) is 0 Å². The van der Waals surface area contributed by atoms with Gasteiger partial charge in [-0.15, -0.1) is 11.3 Å². The Labute approximate surface area is 224 Å². The fraction of sp³-hybridized carbons (Fsp3) is 0. The molecule has 0 amide bonds. The van der Waals surface area contributed by atoms with Crippen molar-refractivity contribution < 1.29 is 0 Å². The highest BCUT2D eigenvalue weighted by atomic mass is 35.5. The number of hydrogen-bond acceptors (Lipinski definition) is 2. The van der Waals surface area contributed by atoms with Gasteiger partial charge in [0.1, 0.15) is 0 Å². The van der Waals surface area contributed by atoms with Gasteiger partial charge < -0.3 is 4.90 Å². The molecule has 1 nitrogen and oxygen atoms in total. The van der Waals surface area contributed by atoms with Crippen molar-refractivity contribution in [3.05, 3.63) is 138 Å². The molecule has 0 atom stereocenters. The normalized spacial score (nSPS) is 11.4. The molecule has 3 heteroatoms. The molecule has 6 aromatic carbocycles. The summed E-state index contributed by atoms with van der Waals surface area (Å²) in [7, 11) is 0. The molecule has 176 valence electrons. The number of anilines is 3. The summed E-state index contributed by atoms with van der Waals surface area (Å²) in [5, 5.41) is 5.72. The smallest absolute Gasteiger partial charge is 0.0468 e. The first-order valence-electron chi connectivity index (χ1n) is 12.3. The molecule has 0 aliphatic rings. The van der Waals surface area contributed by atoms with Gasteiger partial charge in [0.05, 0.1) is 0 Å². The van der Waals surface area contributed by atoms with Crippen LogP contribution in [0.25, 0.3) is 42.1 Å². The molecule has 0 radical (unpaired) electrons. The summed E-state index contributed by atoms with van der Waals surface area (Å²) >= 11 is 8.09. The molecule has 0 aliphatic heterocycles. The van der Waals surface area contributed by atoms with E-state index in [0.29, 0.717) is 0 Å². The Morgan fingerprint density at radius 1 is 0.486 bits per heavy atom. The molecular weight excluding hydrogens is 490 g/mol. The van der Waals surface area contributed by atoms with Crippen LogP contribution in [-0.2, 0) is 0 Å². The molecule has 0 unspecified atom stereocenters. The van der Waals surface area contributed by atoms with E-state index in [0.717, 1.165) is 27.5 Å². The van der Waals surface area contributed by atoms with Crippen LogP contribution in [0.3, 0.4) is 0 Å². The second-order valence-electron chi connectivity index (χ2n) is 9.17. The molecule has 0 saturated carbocycles. The van der Waals surface area contributed by atoms with Crippen molar-refractivity contribution in [2.75, 3.05) is 4.90 Å². The number of fused-ring (bicyclic) bond motifs is 4. The third kappa shape index (κ3) is 3.95. The van der Waals surface area contributed by atoms with Crippen LogP contribution in [0, 0.1) is 0 Å². The standard InChI is InChI=1S/C34H22ClNS/c35-25-15-19-30-24(21-25)7-6-11-29(30)23-13-16-27(17-14-23)36(26-8-2-1-3-9-26)28-18-20-34-32(22-28)31-10-4-5-12-33(31)37-34/h1-22H. The summed E-state index contributed by atoms with van der Waals surface area (Å²) in [5.41, 5.74) is 5.79. The van der Waals surface area contributed by atoms with Crippen LogP contribution in [0.2, 0.25) is 5.02 Å². The fourth-order valence-corrected chi connectivity index (χ4v) is 6.44. The molecule has 7 aromatic rings. The summed E-state index contributed by atoms with van der Waals surface area (Å²) in [6, 6.07) is 47.4. The highest BCUT2D eigenvalue weighted by Crippen LogP contribution is 2.41. The molecule has 7 rings (SSSR count). The van der Waals surface area contributed by atoms with Crippen molar-refractivity contribution in [2.45, 2.75) is 0 Å². The van der Waals surface area contributed by atoms with Gasteiger partial charge in [-0.25, -0.2) is 0 Å². The fourth-order valence-electron chi connectivity index (χ4n) is 5.17. The van der Waals surface area contributed by atoms with Crippen LogP contribution >= 0.6 is 22.9 Å². The SMILES string of the molecule is Clc1ccc2c(-c3ccc(N(c4ccccc4)c4ccc5sc6ccccc6c5c4)cc3)cccc2c1. The second kappa shape index (κ2) is 9.08. The van der Waals surface area contributed by atoms with E-state index in [1.807, 2.05) is 23.5 Å². The van der Waals surface area contributed by atoms with Crippen LogP contribution in [0.5, 0.6) is 0 Å². The van der Waals surface area contributed by atoms with Crippen LogP contribution in [0.4, 0.5) is 17.1 Å². The average molecular weight is 512 g/mol. The Bertz CT molecular complexity index is 1890. The van der Waals surface area contributed by atoms with Crippen LogP contribution in [-0.4, -0.2) is 0 Å². The number of thiophene rings is 1. The van der Waals surface area contributed by atoms with Crippen LogP contribution in [0.15, 0.2) is 133 Å². The zero-order chi connectivity index (χ0) is 24.8. The summed E-state index contributed by atoms with van der Waals surface area (Å²) in [4.78, 5) is 2.33. The number of halogens is 1. The van der Waals surface area contributed by atoms with E-state index in [2.05, 4.69) is 126 Å². The maximum atomic E-state index is 6.25. The molecule has 0 N–H and O–H groups in total. The average Bonchev–Trinajstić information content (AvgIpc) is 3.32. The van der Waals surface area contributed by atoms with Gasteiger partial charge in [-0.3, -0.25) is 0 Å². The van der Waals surface area contributed by atoms with Gasteiger partial charge in [0.15, 0.2) is 0 Å². The molecule has 1 heterocycles. The topological polar surface area (TPSA) is 3.24 Å². The van der Waals surface area contributed by atoms with Gasteiger partial charge in [0.25, 0.3) is 0 Å². The van der Waals surface area contributed by atoms with Gasteiger partial charge in [-0.1, -0.05) is 84.4 Å². The molecular formula is C34H22ClNS. The number of rotatable bonds is 4. The quantitative estimate of drug-likeness (QED) is 0.227. The van der Waals surface area contributed by atoms with E-state index in [1.165, 1.54) is 36.7 Å². The van der Waals surface area contributed by atoms with Crippen molar-refractivity contribution in [1.29, 1.82) is 0 Å². The summed E-state index contributed by atoms with van der Waals surface area (Å²) in [6.45, 7) is 0. The Morgan fingerprint density at radius 2 is 1.22 bits per heavy atom. The molecule has 0 bridgehead atoms. The van der Waals surface area contributed by atoms with E-state index >= 15 is 0 Å². The minimum absolute atomic E-state index is 0.758. The highest BCUT2D eigenvalue weighted by molar-refractivity contribution is 7.25. The Balaban J connectivity index is 1.35. The van der Waals surface area contributed by atoms with Crippen molar-refractivity contribution in [3.8, 4) is 11.1 Å². The second-order valence-corrected chi connectivity index (χ2v) is 10.7. The minimum atomic E-state index is 0.758. The minimum Gasteiger partial charge on any atom is -0.310 e. The lowest BCUT2D eigenvalue weighted by Gasteiger charge is -2.26. The van der Waals surface area contributed by atoms with Crippen LogP contribution < -0.4 is 4.90 Å². The first-order valence-corrected chi connectivity index (χ1v) is 13.5. The van der Waals surface area contributed by atoms with E-state index in [-0.39, 0.29) is 0 Å². The maximum Gasteiger partial charge on any atom is 0.0468 e. The molecule has 37 heavy (non-hydrogen) atoms.